The zero-order valence-corrected chi connectivity index (χ0v) is 11.6. The van der Waals surface area contributed by atoms with Gasteiger partial charge in [0.1, 0.15) is 0 Å². The quantitative estimate of drug-likeness (QED) is 0.581. The van der Waals surface area contributed by atoms with Gasteiger partial charge in [-0.3, -0.25) is 0 Å². The third kappa shape index (κ3) is 3.73. The summed E-state index contributed by atoms with van der Waals surface area (Å²) < 4.78 is 0. The molecule has 20 heavy (non-hydrogen) atoms. The molecule has 2 aromatic rings. The summed E-state index contributed by atoms with van der Waals surface area (Å²) in [5.74, 6) is 0. The van der Waals surface area contributed by atoms with Crippen molar-refractivity contribution in [1.82, 2.24) is 0 Å². The Bertz CT molecular complexity index is 490. The number of nitrogens with one attached hydrogen (secondary N) is 2. The molecule has 0 heterocycles. The van der Waals surface area contributed by atoms with Crippen molar-refractivity contribution >= 4 is 11.4 Å². The van der Waals surface area contributed by atoms with Crippen LogP contribution < -0.4 is 22.1 Å². The number of rotatable bonds is 7. The van der Waals surface area contributed by atoms with Gasteiger partial charge in [0.25, 0.3) is 0 Å². The second-order valence-electron chi connectivity index (χ2n) is 4.58. The van der Waals surface area contributed by atoms with E-state index in [1.54, 1.807) is 0 Å². The molecule has 0 fully saturated rings. The molecule has 0 aromatic heterocycles. The van der Waals surface area contributed by atoms with Crippen LogP contribution in [0.4, 0.5) is 11.4 Å². The van der Waals surface area contributed by atoms with E-state index >= 15 is 0 Å². The van der Waals surface area contributed by atoms with Crippen molar-refractivity contribution < 1.29 is 0 Å². The largest absolute Gasteiger partial charge is 0.383 e. The van der Waals surface area contributed by atoms with Gasteiger partial charge in [0.05, 0.1) is 0 Å². The normalized spacial score (nSPS) is 10.3. The first-order chi connectivity index (χ1) is 9.85. The average molecular weight is 270 g/mol. The molecule has 0 spiro atoms. The molecule has 2 aromatic carbocycles. The number of hydrogen-bond donors (Lipinski definition) is 4. The smallest absolute Gasteiger partial charge is 0.0386 e. The summed E-state index contributed by atoms with van der Waals surface area (Å²) in [5.41, 5.74) is 15.9. The maximum absolute atomic E-state index is 5.71. The molecule has 2 rings (SSSR count). The van der Waals surface area contributed by atoms with Crippen LogP contribution in [0.25, 0.3) is 0 Å². The zero-order chi connectivity index (χ0) is 14.2. The van der Waals surface area contributed by atoms with Crippen molar-refractivity contribution in [3.05, 3.63) is 59.7 Å². The molecule has 6 N–H and O–H groups in total. The highest BCUT2D eigenvalue weighted by molar-refractivity contribution is 5.53. The predicted molar refractivity (Wildman–Crippen MR) is 85.6 cm³/mol. The van der Waals surface area contributed by atoms with Gasteiger partial charge in [-0.1, -0.05) is 36.4 Å². The second-order valence-corrected chi connectivity index (χ2v) is 4.58. The van der Waals surface area contributed by atoms with Gasteiger partial charge in [-0.25, -0.2) is 0 Å². The van der Waals surface area contributed by atoms with Crippen LogP contribution in [0.1, 0.15) is 11.1 Å². The van der Waals surface area contributed by atoms with Gasteiger partial charge in [0.15, 0.2) is 0 Å². The lowest BCUT2D eigenvalue weighted by atomic mass is 10.1. The van der Waals surface area contributed by atoms with Crippen molar-refractivity contribution in [3.8, 4) is 0 Å². The van der Waals surface area contributed by atoms with Gasteiger partial charge in [0.2, 0.25) is 0 Å². The van der Waals surface area contributed by atoms with Crippen LogP contribution in [-0.2, 0) is 13.1 Å². The van der Waals surface area contributed by atoms with Crippen molar-refractivity contribution in [1.29, 1.82) is 0 Å². The van der Waals surface area contributed by atoms with E-state index < -0.39 is 0 Å². The third-order valence-corrected chi connectivity index (χ3v) is 3.23. The highest BCUT2D eigenvalue weighted by Gasteiger charge is 2.00. The first kappa shape index (κ1) is 14.4. The van der Waals surface area contributed by atoms with E-state index in [4.69, 9.17) is 11.5 Å². The van der Waals surface area contributed by atoms with Crippen molar-refractivity contribution in [2.45, 2.75) is 13.1 Å². The first-order valence-electron chi connectivity index (χ1n) is 6.89. The van der Waals surface area contributed by atoms with E-state index in [-0.39, 0.29) is 0 Å². The van der Waals surface area contributed by atoms with E-state index in [2.05, 4.69) is 22.8 Å². The maximum atomic E-state index is 5.71. The zero-order valence-electron chi connectivity index (χ0n) is 11.6. The molecule has 4 nitrogen and oxygen atoms in total. The van der Waals surface area contributed by atoms with Crippen molar-refractivity contribution in [2.24, 2.45) is 11.5 Å². The summed E-state index contributed by atoms with van der Waals surface area (Å²) in [6.45, 7) is 2.76. The number of para-hydroxylation sites is 2. The Labute approximate surface area is 120 Å². The van der Waals surface area contributed by atoms with E-state index in [1.165, 1.54) is 0 Å². The fraction of sp³-hybridized carbons (Fsp3) is 0.250. The van der Waals surface area contributed by atoms with E-state index in [0.717, 1.165) is 35.6 Å². The minimum Gasteiger partial charge on any atom is -0.383 e. The van der Waals surface area contributed by atoms with E-state index in [1.807, 2.05) is 36.4 Å². The minimum absolute atomic E-state index is 0.548. The van der Waals surface area contributed by atoms with Gasteiger partial charge in [-0.15, -0.1) is 0 Å². The summed E-state index contributed by atoms with van der Waals surface area (Å²) in [6.07, 6.45) is 0. The summed E-state index contributed by atoms with van der Waals surface area (Å²) in [5, 5.41) is 6.80. The number of nitrogens with two attached hydrogens (primary N) is 2. The van der Waals surface area contributed by atoms with Gasteiger partial charge in [0, 0.05) is 37.6 Å². The lowest BCUT2D eigenvalue weighted by Gasteiger charge is -2.13. The van der Waals surface area contributed by atoms with Crippen molar-refractivity contribution in [3.63, 3.8) is 0 Å². The van der Waals surface area contributed by atoms with E-state index in [0.29, 0.717) is 13.1 Å². The number of hydrogen-bond acceptors (Lipinski definition) is 4. The molecule has 0 aliphatic carbocycles. The summed E-state index contributed by atoms with van der Waals surface area (Å²) in [7, 11) is 0. The fourth-order valence-electron chi connectivity index (χ4n) is 2.14. The molecule has 0 saturated carbocycles. The third-order valence-electron chi connectivity index (χ3n) is 3.23. The summed E-state index contributed by atoms with van der Waals surface area (Å²) in [6, 6.07) is 16.2. The van der Waals surface area contributed by atoms with Crippen LogP contribution in [0.15, 0.2) is 48.5 Å². The van der Waals surface area contributed by atoms with Crippen LogP contribution in [-0.4, -0.2) is 13.1 Å². The van der Waals surface area contributed by atoms with Crippen LogP contribution in [0.2, 0.25) is 0 Å². The Kier molecular flexibility index (Phi) is 5.41. The molecule has 0 aliphatic rings. The lowest BCUT2D eigenvalue weighted by molar-refractivity contribution is 1.02. The Morgan fingerprint density at radius 1 is 0.650 bits per heavy atom. The minimum atomic E-state index is 0.548. The summed E-state index contributed by atoms with van der Waals surface area (Å²) >= 11 is 0. The Balaban J connectivity index is 1.84. The predicted octanol–water partition coefficient (Wildman–Crippen LogP) is 2.13. The highest BCUT2D eigenvalue weighted by atomic mass is 15.0. The molecular weight excluding hydrogens is 248 g/mol. The molecule has 0 amide bonds. The average Bonchev–Trinajstić information content (AvgIpc) is 2.52. The van der Waals surface area contributed by atoms with Gasteiger partial charge in [-0.05, 0) is 23.3 Å². The summed E-state index contributed by atoms with van der Waals surface area (Å²) in [4.78, 5) is 0. The Morgan fingerprint density at radius 3 is 1.45 bits per heavy atom. The molecule has 0 atom stereocenters. The van der Waals surface area contributed by atoms with Crippen molar-refractivity contribution in [2.75, 3.05) is 23.7 Å². The van der Waals surface area contributed by atoms with Gasteiger partial charge >= 0.3 is 0 Å². The second kappa shape index (κ2) is 7.53. The highest BCUT2D eigenvalue weighted by Crippen LogP contribution is 2.15. The monoisotopic (exact) mass is 270 g/mol. The number of anilines is 2. The SMILES string of the molecule is NCc1ccccc1NCCNc1ccccc1CN. The standard InChI is InChI=1S/C16H22N4/c17-11-13-5-1-3-7-15(13)19-9-10-20-16-8-4-2-6-14(16)12-18/h1-8,19-20H,9-12,17-18H2. The molecular formula is C16H22N4. The topological polar surface area (TPSA) is 76.1 Å². The first-order valence-corrected chi connectivity index (χ1v) is 6.89. The molecule has 0 aliphatic heterocycles. The lowest BCUT2D eigenvalue weighted by Crippen LogP contribution is -2.16. The van der Waals surface area contributed by atoms with Gasteiger partial charge in [-0.2, -0.15) is 0 Å². The Morgan fingerprint density at radius 2 is 1.05 bits per heavy atom. The maximum Gasteiger partial charge on any atom is 0.0386 e. The molecule has 4 heteroatoms. The van der Waals surface area contributed by atoms with Crippen LogP contribution >= 0.6 is 0 Å². The van der Waals surface area contributed by atoms with E-state index in [9.17, 15) is 0 Å². The van der Waals surface area contributed by atoms with Gasteiger partial charge < -0.3 is 22.1 Å². The molecule has 0 unspecified atom stereocenters. The molecule has 106 valence electrons. The van der Waals surface area contributed by atoms with Crippen LogP contribution in [0.5, 0.6) is 0 Å². The van der Waals surface area contributed by atoms with Crippen LogP contribution in [0, 0.1) is 0 Å². The molecule has 0 radical (unpaired) electrons. The molecule has 0 bridgehead atoms. The fourth-order valence-corrected chi connectivity index (χ4v) is 2.14. The molecule has 0 saturated heterocycles. The number of benzene rings is 2. The van der Waals surface area contributed by atoms with Crippen LogP contribution in [0.3, 0.4) is 0 Å². The Hall–Kier alpha value is -2.04.